The number of aryl methyl sites for hydroxylation is 1. The van der Waals surface area contributed by atoms with Gasteiger partial charge in [-0.3, -0.25) is 9.18 Å². The molecule has 1 N–H and O–H groups in total. The Morgan fingerprint density at radius 1 is 1.22 bits per heavy atom. The maximum absolute atomic E-state index is 11.9. The molecule has 1 unspecified atom stereocenters. The van der Waals surface area contributed by atoms with Crippen molar-refractivity contribution in [3.05, 3.63) is 35.4 Å². The van der Waals surface area contributed by atoms with E-state index in [4.69, 9.17) is 0 Å². The number of carbonyl (C=O) groups is 1. The third kappa shape index (κ3) is 5.30. The third-order valence-corrected chi connectivity index (χ3v) is 3.14. The van der Waals surface area contributed by atoms with Crippen LogP contribution in [0.15, 0.2) is 24.3 Å². The summed E-state index contributed by atoms with van der Waals surface area (Å²) in [4.78, 5) is 11.2. The van der Waals surface area contributed by atoms with Crippen LogP contribution < -0.4 is 0 Å². The maximum atomic E-state index is 11.9. The zero-order valence-electron chi connectivity index (χ0n) is 10.9. The van der Waals surface area contributed by atoms with Crippen LogP contribution in [0.1, 0.15) is 36.8 Å². The number of alkyl halides is 1. The smallest absolute Gasteiger partial charge is 0.306 e. The molecule has 0 aromatic heterocycles. The number of carboxylic acid groups (broad SMARTS) is 1. The van der Waals surface area contributed by atoms with Crippen LogP contribution >= 0.6 is 0 Å². The summed E-state index contributed by atoms with van der Waals surface area (Å²) >= 11 is 0. The van der Waals surface area contributed by atoms with E-state index in [2.05, 4.69) is 0 Å². The van der Waals surface area contributed by atoms with Crippen molar-refractivity contribution < 1.29 is 14.3 Å². The second kappa shape index (κ2) is 7.85. The van der Waals surface area contributed by atoms with Gasteiger partial charge in [0.05, 0.1) is 12.6 Å². The summed E-state index contributed by atoms with van der Waals surface area (Å²) < 4.78 is 11.9. The van der Waals surface area contributed by atoms with Gasteiger partial charge in [-0.05, 0) is 31.7 Å². The molecule has 0 saturated heterocycles. The van der Waals surface area contributed by atoms with Gasteiger partial charge in [0.15, 0.2) is 0 Å². The summed E-state index contributed by atoms with van der Waals surface area (Å²) in [5.41, 5.74) is 2.23. The molecule has 3 heteroatoms. The molecule has 1 aromatic rings. The minimum atomic E-state index is -0.754. The quantitative estimate of drug-likeness (QED) is 0.715. The van der Waals surface area contributed by atoms with E-state index in [9.17, 15) is 14.3 Å². The van der Waals surface area contributed by atoms with Gasteiger partial charge in [-0.2, -0.15) is 0 Å². The largest absolute Gasteiger partial charge is 0.481 e. The highest BCUT2D eigenvalue weighted by molar-refractivity contribution is 5.70. The van der Waals surface area contributed by atoms with Gasteiger partial charge in [0.25, 0.3) is 0 Å². The molecular weight excluding hydrogens is 231 g/mol. The normalized spacial score (nSPS) is 12.3. The van der Waals surface area contributed by atoms with Crippen LogP contribution in [0.4, 0.5) is 4.39 Å². The van der Waals surface area contributed by atoms with Crippen molar-refractivity contribution in [2.45, 2.75) is 39.0 Å². The highest BCUT2D eigenvalue weighted by Crippen LogP contribution is 2.17. The van der Waals surface area contributed by atoms with Gasteiger partial charge in [-0.15, -0.1) is 0 Å². The van der Waals surface area contributed by atoms with E-state index in [1.54, 1.807) is 0 Å². The van der Waals surface area contributed by atoms with Gasteiger partial charge in [-0.25, -0.2) is 0 Å². The summed E-state index contributed by atoms with van der Waals surface area (Å²) in [5, 5.41) is 9.17. The zero-order chi connectivity index (χ0) is 13.4. The molecule has 0 heterocycles. The predicted molar refractivity (Wildman–Crippen MR) is 70.5 cm³/mol. The average Bonchev–Trinajstić information content (AvgIpc) is 2.35. The summed E-state index contributed by atoms with van der Waals surface area (Å²) in [6.07, 6.45) is 3.28. The minimum absolute atomic E-state index is 0.310. The van der Waals surface area contributed by atoms with Crippen LogP contribution in [-0.2, 0) is 11.2 Å². The van der Waals surface area contributed by atoms with Crippen molar-refractivity contribution >= 4 is 5.97 Å². The monoisotopic (exact) mass is 252 g/mol. The molecule has 1 aromatic carbocycles. The fourth-order valence-electron chi connectivity index (χ4n) is 1.98. The van der Waals surface area contributed by atoms with Crippen molar-refractivity contribution in [2.24, 2.45) is 5.92 Å². The first-order valence-corrected chi connectivity index (χ1v) is 6.48. The van der Waals surface area contributed by atoms with Crippen molar-refractivity contribution in [1.82, 2.24) is 0 Å². The molecule has 18 heavy (non-hydrogen) atoms. The number of halogens is 1. The lowest BCUT2D eigenvalue weighted by atomic mass is 9.93. The first-order valence-electron chi connectivity index (χ1n) is 6.48. The van der Waals surface area contributed by atoms with Gasteiger partial charge in [0.1, 0.15) is 0 Å². The molecule has 0 fully saturated rings. The van der Waals surface area contributed by atoms with Gasteiger partial charge < -0.3 is 5.11 Å². The number of carboxylic acids is 1. The Balaban J connectivity index is 2.47. The van der Waals surface area contributed by atoms with Crippen LogP contribution in [-0.4, -0.2) is 17.8 Å². The molecule has 2 nitrogen and oxygen atoms in total. The van der Waals surface area contributed by atoms with E-state index in [-0.39, 0.29) is 12.6 Å². The fourth-order valence-corrected chi connectivity index (χ4v) is 1.98. The summed E-state index contributed by atoms with van der Waals surface area (Å²) in [6.45, 7) is 1.70. The molecule has 1 atom stereocenters. The summed E-state index contributed by atoms with van der Waals surface area (Å²) in [7, 11) is 0. The molecule has 0 aliphatic rings. The van der Waals surface area contributed by atoms with E-state index in [1.165, 1.54) is 5.56 Å². The van der Waals surface area contributed by atoms with Crippen LogP contribution in [0.3, 0.4) is 0 Å². The van der Waals surface area contributed by atoms with E-state index < -0.39 is 5.97 Å². The lowest BCUT2D eigenvalue weighted by Gasteiger charge is -2.12. The number of unbranched alkanes of at least 4 members (excludes halogenated alkanes) is 2. The van der Waals surface area contributed by atoms with Gasteiger partial charge in [0, 0.05) is 0 Å². The molecule has 100 valence electrons. The Bertz CT molecular complexity index is 359. The number of hydrogen-bond acceptors (Lipinski definition) is 1. The van der Waals surface area contributed by atoms with Crippen molar-refractivity contribution in [3.63, 3.8) is 0 Å². The predicted octanol–water partition coefficient (Wildman–Crippen LogP) is 3.77. The van der Waals surface area contributed by atoms with Crippen LogP contribution in [0, 0.1) is 12.8 Å². The van der Waals surface area contributed by atoms with Gasteiger partial charge >= 0.3 is 5.97 Å². The standard InChI is InChI=1S/C15H21FO2/c1-12-6-8-13(9-7-12)11-14(15(17)18)5-3-2-4-10-16/h6-9,14H,2-5,10-11H2,1H3,(H,17,18). The van der Waals surface area contributed by atoms with E-state index >= 15 is 0 Å². The number of rotatable bonds is 8. The van der Waals surface area contributed by atoms with Gasteiger partial charge in [-0.1, -0.05) is 42.7 Å². The molecular formula is C15H21FO2. The van der Waals surface area contributed by atoms with Crippen molar-refractivity contribution in [1.29, 1.82) is 0 Å². The molecule has 1 rings (SSSR count). The Morgan fingerprint density at radius 3 is 2.44 bits per heavy atom. The lowest BCUT2D eigenvalue weighted by molar-refractivity contribution is -0.142. The van der Waals surface area contributed by atoms with Crippen LogP contribution in [0.5, 0.6) is 0 Å². The Labute approximate surface area is 108 Å². The van der Waals surface area contributed by atoms with E-state index in [0.29, 0.717) is 19.3 Å². The molecule has 0 bridgehead atoms. The van der Waals surface area contributed by atoms with Crippen molar-refractivity contribution in [3.8, 4) is 0 Å². The second-order valence-electron chi connectivity index (χ2n) is 4.76. The summed E-state index contributed by atoms with van der Waals surface area (Å²) in [6, 6.07) is 7.95. The molecule has 0 amide bonds. The van der Waals surface area contributed by atoms with E-state index in [1.807, 2.05) is 31.2 Å². The van der Waals surface area contributed by atoms with Gasteiger partial charge in [0.2, 0.25) is 0 Å². The highest BCUT2D eigenvalue weighted by Gasteiger charge is 2.17. The Hall–Kier alpha value is -1.38. The Morgan fingerprint density at radius 2 is 1.89 bits per heavy atom. The molecule has 0 spiro atoms. The highest BCUT2D eigenvalue weighted by atomic mass is 19.1. The minimum Gasteiger partial charge on any atom is -0.481 e. The van der Waals surface area contributed by atoms with Crippen LogP contribution in [0.2, 0.25) is 0 Å². The second-order valence-corrected chi connectivity index (χ2v) is 4.76. The first kappa shape index (κ1) is 14.7. The molecule has 0 saturated carbocycles. The summed E-state index contributed by atoms with van der Waals surface area (Å²) in [5.74, 6) is -1.11. The van der Waals surface area contributed by atoms with E-state index in [0.717, 1.165) is 18.4 Å². The number of aliphatic carboxylic acids is 1. The maximum Gasteiger partial charge on any atom is 0.306 e. The Kier molecular flexibility index (Phi) is 6.40. The molecule has 0 aliphatic heterocycles. The SMILES string of the molecule is Cc1ccc(CC(CCCCCF)C(=O)O)cc1. The molecule has 0 aliphatic carbocycles. The average molecular weight is 252 g/mol. The van der Waals surface area contributed by atoms with Crippen LogP contribution in [0.25, 0.3) is 0 Å². The number of benzene rings is 1. The number of hydrogen-bond donors (Lipinski definition) is 1. The topological polar surface area (TPSA) is 37.3 Å². The molecule has 0 radical (unpaired) electrons. The first-order chi connectivity index (χ1) is 8.63. The lowest BCUT2D eigenvalue weighted by Crippen LogP contribution is -2.16. The fraction of sp³-hybridized carbons (Fsp3) is 0.533. The third-order valence-electron chi connectivity index (χ3n) is 3.14. The zero-order valence-corrected chi connectivity index (χ0v) is 10.9. The van der Waals surface area contributed by atoms with Crippen molar-refractivity contribution in [2.75, 3.05) is 6.67 Å².